The molecule has 0 aliphatic carbocycles. The summed E-state index contributed by atoms with van der Waals surface area (Å²) in [6.07, 6.45) is -0.568. The van der Waals surface area contributed by atoms with Crippen molar-refractivity contribution in [1.82, 2.24) is 5.06 Å². The molecule has 1 N–H and O–H groups in total. The van der Waals surface area contributed by atoms with Gasteiger partial charge >= 0.3 is 6.16 Å². The van der Waals surface area contributed by atoms with Gasteiger partial charge in [-0.2, -0.15) is 0 Å². The minimum atomic E-state index is -0.718. The standard InChI is InChI=1S/C11H15NO4S/c1-2-15-11(14)16-12-5-3-10-8(4-6-17-10)9(13)7-12/h4,6,9,13H,2-3,5,7H2,1H3/t9-/m1/s1. The monoisotopic (exact) mass is 257 g/mol. The van der Waals surface area contributed by atoms with E-state index in [9.17, 15) is 9.90 Å². The highest BCUT2D eigenvalue weighted by atomic mass is 32.1. The molecule has 0 spiro atoms. The second kappa shape index (κ2) is 5.48. The molecule has 0 unspecified atom stereocenters. The summed E-state index contributed by atoms with van der Waals surface area (Å²) in [5, 5.41) is 13.4. The number of ether oxygens (including phenoxy) is 1. The number of hydrogen-bond donors (Lipinski definition) is 1. The van der Waals surface area contributed by atoms with Crippen molar-refractivity contribution in [3.63, 3.8) is 0 Å². The van der Waals surface area contributed by atoms with Crippen molar-refractivity contribution in [2.24, 2.45) is 0 Å². The first-order valence-electron chi connectivity index (χ1n) is 5.54. The van der Waals surface area contributed by atoms with Crippen molar-refractivity contribution in [1.29, 1.82) is 0 Å². The van der Waals surface area contributed by atoms with E-state index in [4.69, 9.17) is 9.57 Å². The Balaban J connectivity index is 1.97. The number of nitrogens with zero attached hydrogens (tertiary/aromatic N) is 1. The molecule has 2 heterocycles. The van der Waals surface area contributed by atoms with Crippen LogP contribution in [-0.2, 0) is 16.0 Å². The van der Waals surface area contributed by atoms with Crippen LogP contribution in [0, 0.1) is 0 Å². The van der Waals surface area contributed by atoms with Crippen LogP contribution in [-0.4, -0.2) is 36.0 Å². The highest BCUT2D eigenvalue weighted by Crippen LogP contribution is 2.27. The predicted octanol–water partition coefficient (Wildman–Crippen LogP) is 1.73. The van der Waals surface area contributed by atoms with Crippen molar-refractivity contribution >= 4 is 17.5 Å². The lowest BCUT2D eigenvalue weighted by molar-refractivity contribution is -0.139. The smallest absolute Gasteiger partial charge is 0.433 e. The number of fused-ring (bicyclic) bond motifs is 1. The van der Waals surface area contributed by atoms with Crippen LogP contribution in [0.25, 0.3) is 0 Å². The SMILES string of the molecule is CCOC(=O)ON1CCc2sccc2[C@H](O)C1. The Kier molecular flexibility index (Phi) is 3.98. The molecule has 5 nitrogen and oxygen atoms in total. The van der Waals surface area contributed by atoms with Crippen molar-refractivity contribution < 1.29 is 19.5 Å². The van der Waals surface area contributed by atoms with E-state index in [1.165, 1.54) is 5.06 Å². The summed E-state index contributed by atoms with van der Waals surface area (Å²) in [6.45, 7) is 2.85. The summed E-state index contributed by atoms with van der Waals surface area (Å²) < 4.78 is 4.70. The van der Waals surface area contributed by atoms with Gasteiger partial charge in [-0.05, 0) is 30.4 Å². The van der Waals surface area contributed by atoms with Gasteiger partial charge < -0.3 is 14.7 Å². The Hall–Kier alpha value is -1.11. The van der Waals surface area contributed by atoms with Crippen LogP contribution in [0.3, 0.4) is 0 Å². The number of carbonyl (C=O) groups is 1. The van der Waals surface area contributed by atoms with Crippen molar-refractivity contribution in [3.8, 4) is 0 Å². The Morgan fingerprint density at radius 1 is 1.71 bits per heavy atom. The molecule has 0 saturated heterocycles. The maximum atomic E-state index is 11.2. The van der Waals surface area contributed by atoms with Gasteiger partial charge in [-0.25, -0.2) is 4.79 Å². The van der Waals surface area contributed by atoms with Crippen LogP contribution in [0.2, 0.25) is 0 Å². The topological polar surface area (TPSA) is 59.0 Å². The fourth-order valence-corrected chi connectivity index (χ4v) is 2.72. The molecule has 1 atom stereocenters. The van der Waals surface area contributed by atoms with Crippen molar-refractivity contribution in [2.75, 3.05) is 19.7 Å². The maximum Gasteiger partial charge on any atom is 0.527 e. The number of rotatable bonds is 2. The molecule has 0 saturated carbocycles. The lowest BCUT2D eigenvalue weighted by Gasteiger charge is -2.19. The summed E-state index contributed by atoms with van der Waals surface area (Å²) in [5.41, 5.74) is 0.935. The summed E-state index contributed by atoms with van der Waals surface area (Å²) in [5.74, 6) is 0. The van der Waals surface area contributed by atoms with Crippen LogP contribution in [0.5, 0.6) is 0 Å². The zero-order chi connectivity index (χ0) is 12.3. The quantitative estimate of drug-likeness (QED) is 0.818. The Morgan fingerprint density at radius 3 is 3.29 bits per heavy atom. The van der Waals surface area contributed by atoms with Gasteiger partial charge in [0.25, 0.3) is 0 Å². The maximum absolute atomic E-state index is 11.2. The van der Waals surface area contributed by atoms with Crippen LogP contribution < -0.4 is 0 Å². The first-order chi connectivity index (χ1) is 8.20. The van der Waals surface area contributed by atoms with E-state index in [1.54, 1.807) is 18.3 Å². The number of β-amino-alcohol motifs (C(OH)–C–C–N with tert-alkyl or cyclic N) is 1. The largest absolute Gasteiger partial charge is 0.527 e. The fraction of sp³-hybridized carbons (Fsp3) is 0.545. The van der Waals surface area contributed by atoms with E-state index in [0.717, 1.165) is 16.9 Å². The van der Waals surface area contributed by atoms with E-state index in [1.807, 2.05) is 11.4 Å². The molecule has 0 radical (unpaired) electrons. The lowest BCUT2D eigenvalue weighted by Crippen LogP contribution is -2.31. The normalized spacial score (nSPS) is 20.5. The fourth-order valence-electron chi connectivity index (χ4n) is 1.79. The average molecular weight is 257 g/mol. The van der Waals surface area contributed by atoms with Crippen LogP contribution >= 0.6 is 11.3 Å². The van der Waals surface area contributed by atoms with Gasteiger partial charge in [0.2, 0.25) is 0 Å². The predicted molar refractivity (Wildman–Crippen MR) is 62.7 cm³/mol. The van der Waals surface area contributed by atoms with E-state index >= 15 is 0 Å². The molecular formula is C11H15NO4S. The molecule has 17 heavy (non-hydrogen) atoms. The van der Waals surface area contributed by atoms with Crippen molar-refractivity contribution in [2.45, 2.75) is 19.4 Å². The Labute approximate surface area is 104 Å². The van der Waals surface area contributed by atoms with Gasteiger partial charge in [0.05, 0.1) is 19.3 Å². The molecule has 0 fully saturated rings. The number of carbonyl (C=O) groups excluding carboxylic acids is 1. The van der Waals surface area contributed by atoms with Crippen LogP contribution in [0.15, 0.2) is 11.4 Å². The molecule has 0 bridgehead atoms. The third kappa shape index (κ3) is 2.96. The molecule has 94 valence electrons. The molecule has 2 rings (SSSR count). The zero-order valence-electron chi connectivity index (χ0n) is 9.59. The Morgan fingerprint density at radius 2 is 2.53 bits per heavy atom. The van der Waals surface area contributed by atoms with Crippen LogP contribution in [0.1, 0.15) is 23.5 Å². The number of thiophene rings is 1. The summed E-state index contributed by atoms with van der Waals surface area (Å²) in [6, 6.07) is 1.92. The van der Waals surface area contributed by atoms with E-state index in [2.05, 4.69) is 0 Å². The molecule has 1 aliphatic rings. The molecule has 0 amide bonds. The van der Waals surface area contributed by atoms with Gasteiger partial charge in [0, 0.05) is 11.4 Å². The van der Waals surface area contributed by atoms with Gasteiger partial charge in [-0.15, -0.1) is 16.4 Å². The first-order valence-corrected chi connectivity index (χ1v) is 6.42. The second-order valence-electron chi connectivity index (χ2n) is 3.73. The second-order valence-corrected chi connectivity index (χ2v) is 4.73. The molecule has 6 heteroatoms. The Bertz CT molecular complexity index is 393. The first kappa shape index (κ1) is 12.3. The van der Waals surface area contributed by atoms with E-state index in [-0.39, 0.29) is 13.2 Å². The van der Waals surface area contributed by atoms with E-state index in [0.29, 0.717) is 6.54 Å². The van der Waals surface area contributed by atoms with Gasteiger partial charge in [-0.3, -0.25) is 0 Å². The average Bonchev–Trinajstić information content (AvgIpc) is 2.69. The molecule has 0 aromatic carbocycles. The minimum absolute atomic E-state index is 0.280. The zero-order valence-corrected chi connectivity index (χ0v) is 10.4. The molecule has 1 aliphatic heterocycles. The summed E-state index contributed by atoms with van der Waals surface area (Å²) in [4.78, 5) is 17.3. The molecular weight excluding hydrogens is 242 g/mol. The van der Waals surface area contributed by atoms with E-state index < -0.39 is 12.3 Å². The van der Waals surface area contributed by atoms with Gasteiger partial charge in [0.15, 0.2) is 0 Å². The highest BCUT2D eigenvalue weighted by molar-refractivity contribution is 7.10. The number of aliphatic hydroxyl groups is 1. The number of hydrogen-bond acceptors (Lipinski definition) is 6. The van der Waals surface area contributed by atoms with Gasteiger partial charge in [-0.1, -0.05) is 0 Å². The third-order valence-electron chi connectivity index (χ3n) is 2.57. The van der Waals surface area contributed by atoms with Crippen LogP contribution in [0.4, 0.5) is 4.79 Å². The van der Waals surface area contributed by atoms with Gasteiger partial charge in [0.1, 0.15) is 0 Å². The molecule has 1 aromatic rings. The summed E-state index contributed by atoms with van der Waals surface area (Å²) >= 11 is 1.62. The minimum Gasteiger partial charge on any atom is -0.433 e. The molecule has 1 aromatic heterocycles. The third-order valence-corrected chi connectivity index (χ3v) is 3.57. The number of aliphatic hydroxyl groups excluding tert-OH is 1. The summed E-state index contributed by atoms with van der Waals surface area (Å²) in [7, 11) is 0. The number of hydroxylamine groups is 2. The highest BCUT2D eigenvalue weighted by Gasteiger charge is 2.24. The lowest BCUT2D eigenvalue weighted by atomic mass is 10.1. The van der Waals surface area contributed by atoms with Crippen molar-refractivity contribution in [3.05, 3.63) is 21.9 Å².